The highest BCUT2D eigenvalue weighted by atomic mass is 16.5. The molecule has 0 aliphatic carbocycles. The Balaban J connectivity index is 1.75. The molecule has 2 heterocycles. The van der Waals surface area contributed by atoms with E-state index >= 15 is 0 Å². The van der Waals surface area contributed by atoms with E-state index in [1.54, 1.807) is 11.0 Å². The summed E-state index contributed by atoms with van der Waals surface area (Å²) in [6.45, 7) is 3.78. The van der Waals surface area contributed by atoms with Crippen LogP contribution >= 0.6 is 0 Å². The van der Waals surface area contributed by atoms with Gasteiger partial charge in [0.15, 0.2) is 0 Å². The molecule has 1 aromatic carbocycles. The average Bonchev–Trinajstić information content (AvgIpc) is 2.68. The van der Waals surface area contributed by atoms with Crippen LogP contribution in [0.15, 0.2) is 42.7 Å². The first-order valence-electron chi connectivity index (χ1n) is 8.29. The van der Waals surface area contributed by atoms with Crippen LogP contribution in [0.3, 0.4) is 0 Å². The van der Waals surface area contributed by atoms with Gasteiger partial charge in [-0.1, -0.05) is 24.3 Å². The highest BCUT2D eigenvalue weighted by Crippen LogP contribution is 2.30. The molecule has 25 heavy (non-hydrogen) atoms. The van der Waals surface area contributed by atoms with Gasteiger partial charge in [0.05, 0.1) is 13.7 Å². The van der Waals surface area contributed by atoms with Crippen LogP contribution in [0.2, 0.25) is 0 Å². The SMILES string of the molecule is CCOc1ccccc1C1=CCN(C(=O)c2cc(OC)ncn2)CC1. The van der Waals surface area contributed by atoms with Crippen LogP contribution in [0.25, 0.3) is 5.57 Å². The largest absolute Gasteiger partial charge is 0.493 e. The summed E-state index contributed by atoms with van der Waals surface area (Å²) in [5.41, 5.74) is 2.65. The van der Waals surface area contributed by atoms with Gasteiger partial charge < -0.3 is 14.4 Å². The third-order valence-corrected chi connectivity index (χ3v) is 4.10. The van der Waals surface area contributed by atoms with Crippen LogP contribution in [0.4, 0.5) is 0 Å². The number of hydrogen-bond acceptors (Lipinski definition) is 5. The van der Waals surface area contributed by atoms with E-state index in [1.165, 1.54) is 19.0 Å². The number of benzene rings is 1. The fourth-order valence-corrected chi connectivity index (χ4v) is 2.84. The fraction of sp³-hybridized carbons (Fsp3) is 0.316. The lowest BCUT2D eigenvalue weighted by Crippen LogP contribution is -2.35. The molecule has 0 saturated heterocycles. The highest BCUT2D eigenvalue weighted by Gasteiger charge is 2.22. The number of methoxy groups -OCH3 is 1. The van der Waals surface area contributed by atoms with Crippen LogP contribution in [-0.4, -0.2) is 47.6 Å². The topological polar surface area (TPSA) is 64.5 Å². The predicted octanol–water partition coefficient (Wildman–Crippen LogP) is 2.81. The van der Waals surface area contributed by atoms with Crippen molar-refractivity contribution < 1.29 is 14.3 Å². The summed E-state index contributed by atoms with van der Waals surface area (Å²) in [7, 11) is 1.52. The van der Waals surface area contributed by atoms with Crippen LogP contribution in [0.1, 0.15) is 29.4 Å². The molecule has 0 spiro atoms. The summed E-state index contributed by atoms with van der Waals surface area (Å²) in [5.74, 6) is 1.16. The predicted molar refractivity (Wildman–Crippen MR) is 94.7 cm³/mol. The van der Waals surface area contributed by atoms with Crippen LogP contribution < -0.4 is 9.47 Å². The van der Waals surface area contributed by atoms with Crippen molar-refractivity contribution in [2.75, 3.05) is 26.8 Å². The number of rotatable bonds is 5. The minimum absolute atomic E-state index is 0.117. The Morgan fingerprint density at radius 1 is 1.28 bits per heavy atom. The lowest BCUT2D eigenvalue weighted by atomic mass is 9.98. The van der Waals surface area contributed by atoms with E-state index in [2.05, 4.69) is 22.1 Å². The van der Waals surface area contributed by atoms with Crippen molar-refractivity contribution in [1.82, 2.24) is 14.9 Å². The van der Waals surface area contributed by atoms with Gasteiger partial charge in [0.25, 0.3) is 5.91 Å². The Kier molecular flexibility index (Phi) is 5.28. The second-order valence-electron chi connectivity index (χ2n) is 5.61. The molecule has 0 bridgehead atoms. The van der Waals surface area contributed by atoms with Crippen molar-refractivity contribution in [3.8, 4) is 11.6 Å². The van der Waals surface area contributed by atoms with Gasteiger partial charge in [-0.25, -0.2) is 9.97 Å². The molecule has 0 radical (unpaired) electrons. The van der Waals surface area contributed by atoms with Crippen molar-refractivity contribution in [1.29, 1.82) is 0 Å². The molecule has 0 saturated carbocycles. The van der Waals surface area contributed by atoms with Gasteiger partial charge in [0.1, 0.15) is 17.8 Å². The van der Waals surface area contributed by atoms with E-state index < -0.39 is 0 Å². The molecule has 2 aromatic rings. The second kappa shape index (κ2) is 7.79. The van der Waals surface area contributed by atoms with Crippen molar-refractivity contribution >= 4 is 11.5 Å². The molecule has 1 aliphatic rings. The zero-order valence-electron chi connectivity index (χ0n) is 14.4. The average molecular weight is 339 g/mol. The molecule has 130 valence electrons. The second-order valence-corrected chi connectivity index (χ2v) is 5.61. The number of hydrogen-bond donors (Lipinski definition) is 0. The van der Waals surface area contributed by atoms with Crippen molar-refractivity contribution in [2.24, 2.45) is 0 Å². The molecule has 0 unspecified atom stereocenters. The molecule has 3 rings (SSSR count). The lowest BCUT2D eigenvalue weighted by Gasteiger charge is -2.27. The van der Waals surface area contributed by atoms with Gasteiger partial charge in [-0.15, -0.1) is 0 Å². The van der Waals surface area contributed by atoms with Gasteiger partial charge in [0, 0.05) is 24.7 Å². The number of carbonyl (C=O) groups excluding carboxylic acids is 1. The van der Waals surface area contributed by atoms with E-state index in [0.717, 1.165) is 17.7 Å². The molecule has 1 aliphatic heterocycles. The Bertz CT molecular complexity index is 789. The summed E-state index contributed by atoms with van der Waals surface area (Å²) in [4.78, 5) is 22.4. The van der Waals surface area contributed by atoms with Crippen molar-refractivity contribution in [3.63, 3.8) is 0 Å². The highest BCUT2D eigenvalue weighted by molar-refractivity contribution is 5.93. The third kappa shape index (κ3) is 3.79. The fourth-order valence-electron chi connectivity index (χ4n) is 2.84. The van der Waals surface area contributed by atoms with Crippen molar-refractivity contribution in [2.45, 2.75) is 13.3 Å². The van der Waals surface area contributed by atoms with E-state index in [1.807, 2.05) is 25.1 Å². The smallest absolute Gasteiger partial charge is 0.273 e. The minimum atomic E-state index is -0.117. The van der Waals surface area contributed by atoms with Crippen LogP contribution in [-0.2, 0) is 0 Å². The summed E-state index contributed by atoms with van der Waals surface area (Å²) in [6.07, 6.45) is 4.20. The lowest BCUT2D eigenvalue weighted by molar-refractivity contribution is 0.0766. The molecule has 0 fully saturated rings. The van der Waals surface area contributed by atoms with Crippen molar-refractivity contribution in [3.05, 3.63) is 54.0 Å². The van der Waals surface area contributed by atoms with E-state index in [-0.39, 0.29) is 5.91 Å². The third-order valence-electron chi connectivity index (χ3n) is 4.10. The normalized spacial score (nSPS) is 14.0. The Labute approximate surface area is 147 Å². The molecular formula is C19H21N3O3. The van der Waals surface area contributed by atoms with Gasteiger partial charge in [-0.05, 0) is 25.0 Å². The first-order chi connectivity index (χ1) is 12.2. The molecule has 0 N–H and O–H groups in total. The monoisotopic (exact) mass is 339 g/mol. The summed E-state index contributed by atoms with van der Waals surface area (Å²) >= 11 is 0. The minimum Gasteiger partial charge on any atom is -0.493 e. The zero-order chi connectivity index (χ0) is 17.6. The molecule has 6 nitrogen and oxygen atoms in total. The van der Waals surface area contributed by atoms with Gasteiger partial charge in [0.2, 0.25) is 5.88 Å². The maximum atomic E-state index is 12.6. The van der Waals surface area contributed by atoms with Crippen LogP contribution in [0, 0.1) is 0 Å². The quantitative estimate of drug-likeness (QED) is 0.838. The van der Waals surface area contributed by atoms with Gasteiger partial charge >= 0.3 is 0 Å². The maximum absolute atomic E-state index is 12.6. The standard InChI is InChI=1S/C19H21N3O3/c1-3-25-17-7-5-4-6-15(17)14-8-10-22(11-9-14)19(23)16-12-18(24-2)21-13-20-16/h4-8,12-13H,3,9-11H2,1-2H3. The number of amides is 1. The molecule has 0 atom stereocenters. The molecule has 1 aromatic heterocycles. The molecule has 1 amide bonds. The van der Waals surface area contributed by atoms with Gasteiger partial charge in [-0.3, -0.25) is 4.79 Å². The van der Waals surface area contributed by atoms with E-state index in [0.29, 0.717) is 31.3 Å². The Morgan fingerprint density at radius 3 is 2.84 bits per heavy atom. The van der Waals surface area contributed by atoms with E-state index in [9.17, 15) is 4.79 Å². The number of nitrogens with zero attached hydrogens (tertiary/aromatic N) is 3. The first kappa shape index (κ1) is 17.0. The Morgan fingerprint density at radius 2 is 2.12 bits per heavy atom. The number of ether oxygens (including phenoxy) is 2. The number of para-hydroxylation sites is 1. The number of carbonyl (C=O) groups is 1. The summed E-state index contributed by atoms with van der Waals surface area (Å²) < 4.78 is 10.8. The maximum Gasteiger partial charge on any atom is 0.273 e. The Hall–Kier alpha value is -2.89. The van der Waals surface area contributed by atoms with Gasteiger partial charge in [-0.2, -0.15) is 0 Å². The molecular weight excluding hydrogens is 318 g/mol. The molecule has 6 heteroatoms. The van der Waals surface area contributed by atoms with Crippen LogP contribution in [0.5, 0.6) is 11.6 Å². The number of aromatic nitrogens is 2. The zero-order valence-corrected chi connectivity index (χ0v) is 14.4. The summed E-state index contributed by atoms with van der Waals surface area (Å²) in [6, 6.07) is 9.57. The van der Waals surface area contributed by atoms with E-state index in [4.69, 9.17) is 9.47 Å². The summed E-state index contributed by atoms with van der Waals surface area (Å²) in [5, 5.41) is 0. The first-order valence-corrected chi connectivity index (χ1v) is 8.29.